The Morgan fingerprint density at radius 3 is 2.72 bits per heavy atom. The summed E-state index contributed by atoms with van der Waals surface area (Å²) in [4.78, 5) is 23.7. The Morgan fingerprint density at radius 2 is 2.00 bits per heavy atom. The molecule has 148 valence electrons. The van der Waals surface area contributed by atoms with Gasteiger partial charge in [-0.2, -0.15) is 0 Å². The summed E-state index contributed by atoms with van der Waals surface area (Å²) in [6.45, 7) is 5.34. The lowest BCUT2D eigenvalue weighted by atomic mass is 10.1. The standard InChI is InChI=1S/C22H21FN4OS/c1-15-12-16(2)20-19(13-15)29-22(25-20)27(10-3-9-26-11-8-24-14-26)21(28)17-4-6-18(23)7-5-17/h4-8,11-14H,3,9-10H2,1-2H3. The monoisotopic (exact) mass is 408 g/mol. The molecule has 4 aromatic rings. The molecule has 0 aliphatic heterocycles. The fourth-order valence-corrected chi connectivity index (χ4v) is 4.50. The van der Waals surface area contributed by atoms with Crippen molar-refractivity contribution in [3.63, 3.8) is 0 Å². The Balaban J connectivity index is 1.66. The van der Waals surface area contributed by atoms with E-state index in [2.05, 4.69) is 24.0 Å². The first-order valence-electron chi connectivity index (χ1n) is 9.42. The highest BCUT2D eigenvalue weighted by molar-refractivity contribution is 7.22. The van der Waals surface area contributed by atoms with Crippen LogP contribution >= 0.6 is 11.3 Å². The van der Waals surface area contributed by atoms with Gasteiger partial charge < -0.3 is 4.57 Å². The highest BCUT2D eigenvalue weighted by Gasteiger charge is 2.21. The molecule has 4 rings (SSSR count). The zero-order valence-corrected chi connectivity index (χ0v) is 17.1. The van der Waals surface area contributed by atoms with Gasteiger partial charge in [0.15, 0.2) is 5.13 Å². The van der Waals surface area contributed by atoms with Crippen LogP contribution in [-0.4, -0.2) is 27.0 Å². The number of hydrogen-bond acceptors (Lipinski definition) is 4. The highest BCUT2D eigenvalue weighted by Crippen LogP contribution is 2.32. The molecular weight excluding hydrogens is 387 g/mol. The third-order valence-electron chi connectivity index (χ3n) is 4.74. The summed E-state index contributed by atoms with van der Waals surface area (Å²) in [5, 5.41) is 0.661. The topological polar surface area (TPSA) is 51.0 Å². The summed E-state index contributed by atoms with van der Waals surface area (Å²) < 4.78 is 16.3. The molecule has 0 bridgehead atoms. The Bertz CT molecular complexity index is 1140. The maximum Gasteiger partial charge on any atom is 0.260 e. The van der Waals surface area contributed by atoms with Crippen molar-refractivity contribution < 1.29 is 9.18 Å². The second-order valence-electron chi connectivity index (χ2n) is 7.04. The summed E-state index contributed by atoms with van der Waals surface area (Å²) in [7, 11) is 0. The number of benzene rings is 2. The lowest BCUT2D eigenvalue weighted by molar-refractivity contribution is 0.0986. The minimum atomic E-state index is -0.362. The van der Waals surface area contributed by atoms with E-state index in [1.165, 1.54) is 41.2 Å². The normalized spacial score (nSPS) is 11.1. The number of imidazole rings is 1. The van der Waals surface area contributed by atoms with E-state index >= 15 is 0 Å². The lowest BCUT2D eigenvalue weighted by Crippen LogP contribution is -2.32. The molecule has 2 aromatic heterocycles. The van der Waals surface area contributed by atoms with Crippen LogP contribution in [0.5, 0.6) is 0 Å². The minimum Gasteiger partial charge on any atom is -0.337 e. The van der Waals surface area contributed by atoms with Gasteiger partial charge in [0.05, 0.1) is 16.5 Å². The molecule has 0 unspecified atom stereocenters. The third kappa shape index (κ3) is 4.19. The first-order chi connectivity index (χ1) is 14.0. The lowest BCUT2D eigenvalue weighted by Gasteiger charge is -2.20. The maximum absolute atomic E-state index is 13.3. The Morgan fingerprint density at radius 1 is 1.21 bits per heavy atom. The molecular formula is C22H21FN4OS. The molecule has 0 N–H and O–H groups in total. The Labute approximate surface area is 172 Å². The quantitative estimate of drug-likeness (QED) is 0.452. The van der Waals surface area contributed by atoms with Gasteiger partial charge in [-0.25, -0.2) is 14.4 Å². The number of halogens is 1. The highest BCUT2D eigenvalue weighted by atomic mass is 32.1. The van der Waals surface area contributed by atoms with Crippen LogP contribution < -0.4 is 4.90 Å². The number of hydrogen-bond donors (Lipinski definition) is 0. The van der Waals surface area contributed by atoms with Crippen LogP contribution in [0.15, 0.2) is 55.1 Å². The molecule has 0 spiro atoms. The fraction of sp³-hybridized carbons (Fsp3) is 0.227. The van der Waals surface area contributed by atoms with E-state index in [0.29, 0.717) is 17.2 Å². The van der Waals surface area contributed by atoms with Crippen molar-refractivity contribution in [3.8, 4) is 0 Å². The number of thiazole rings is 1. The molecule has 5 nitrogen and oxygen atoms in total. The molecule has 0 saturated heterocycles. The summed E-state index contributed by atoms with van der Waals surface area (Å²) in [6.07, 6.45) is 6.14. The number of carbonyl (C=O) groups excluding carboxylic acids is 1. The van der Waals surface area contributed by atoms with E-state index in [1.807, 2.05) is 17.7 Å². The summed E-state index contributed by atoms with van der Waals surface area (Å²) >= 11 is 1.51. The third-order valence-corrected chi connectivity index (χ3v) is 5.77. The van der Waals surface area contributed by atoms with Gasteiger partial charge in [0.1, 0.15) is 5.82 Å². The van der Waals surface area contributed by atoms with Crippen LogP contribution in [0.2, 0.25) is 0 Å². The van der Waals surface area contributed by atoms with Crippen molar-refractivity contribution in [2.24, 2.45) is 0 Å². The van der Waals surface area contributed by atoms with Crippen molar-refractivity contribution in [1.29, 1.82) is 0 Å². The molecule has 0 atom stereocenters. The molecule has 0 radical (unpaired) electrons. The van der Waals surface area contributed by atoms with Gasteiger partial charge in [-0.3, -0.25) is 9.69 Å². The molecule has 1 amide bonds. The number of anilines is 1. The van der Waals surface area contributed by atoms with Crippen molar-refractivity contribution in [2.45, 2.75) is 26.8 Å². The minimum absolute atomic E-state index is 0.177. The number of aryl methyl sites for hydroxylation is 3. The Hall–Kier alpha value is -3.06. The molecule has 29 heavy (non-hydrogen) atoms. The number of carbonyl (C=O) groups is 1. The molecule has 2 heterocycles. The van der Waals surface area contributed by atoms with E-state index in [9.17, 15) is 9.18 Å². The summed E-state index contributed by atoms with van der Waals surface area (Å²) in [5.41, 5.74) is 3.63. The van der Waals surface area contributed by atoms with E-state index in [1.54, 1.807) is 17.4 Å². The predicted octanol–water partition coefficient (Wildman–Crippen LogP) is 4.99. The van der Waals surface area contributed by atoms with Crippen molar-refractivity contribution >= 4 is 32.6 Å². The van der Waals surface area contributed by atoms with Crippen LogP contribution in [0.3, 0.4) is 0 Å². The van der Waals surface area contributed by atoms with Gasteiger partial charge in [0.2, 0.25) is 0 Å². The largest absolute Gasteiger partial charge is 0.337 e. The second-order valence-corrected chi connectivity index (χ2v) is 8.05. The van der Waals surface area contributed by atoms with Crippen LogP contribution in [0.25, 0.3) is 10.2 Å². The van der Waals surface area contributed by atoms with Crippen molar-refractivity contribution in [2.75, 3.05) is 11.4 Å². The predicted molar refractivity (Wildman–Crippen MR) is 114 cm³/mol. The van der Waals surface area contributed by atoms with Gasteiger partial charge in [-0.1, -0.05) is 17.4 Å². The van der Waals surface area contributed by atoms with E-state index in [0.717, 1.165) is 28.7 Å². The molecule has 7 heteroatoms. The van der Waals surface area contributed by atoms with Crippen LogP contribution in [-0.2, 0) is 6.54 Å². The smallest absolute Gasteiger partial charge is 0.260 e. The van der Waals surface area contributed by atoms with Gasteiger partial charge in [0, 0.05) is 31.0 Å². The molecule has 0 aliphatic rings. The van der Waals surface area contributed by atoms with E-state index in [4.69, 9.17) is 4.98 Å². The van der Waals surface area contributed by atoms with Crippen LogP contribution in [0.1, 0.15) is 27.9 Å². The first-order valence-corrected chi connectivity index (χ1v) is 10.2. The van der Waals surface area contributed by atoms with Crippen LogP contribution in [0.4, 0.5) is 9.52 Å². The zero-order valence-electron chi connectivity index (χ0n) is 16.3. The molecule has 0 saturated carbocycles. The average molecular weight is 409 g/mol. The Kier molecular flexibility index (Phi) is 5.40. The van der Waals surface area contributed by atoms with E-state index in [-0.39, 0.29) is 11.7 Å². The number of nitrogens with zero attached hydrogens (tertiary/aromatic N) is 4. The number of aromatic nitrogens is 3. The molecule has 2 aromatic carbocycles. The van der Waals surface area contributed by atoms with Gasteiger partial charge in [0.25, 0.3) is 5.91 Å². The molecule has 0 fully saturated rings. The molecule has 0 aliphatic carbocycles. The maximum atomic E-state index is 13.3. The van der Waals surface area contributed by atoms with Crippen molar-refractivity contribution in [1.82, 2.24) is 14.5 Å². The second kappa shape index (κ2) is 8.13. The van der Waals surface area contributed by atoms with Crippen LogP contribution in [0, 0.1) is 19.7 Å². The average Bonchev–Trinajstić information content (AvgIpc) is 3.35. The zero-order chi connectivity index (χ0) is 20.4. The summed E-state index contributed by atoms with van der Waals surface area (Å²) in [5.74, 6) is -0.539. The number of fused-ring (bicyclic) bond motifs is 1. The number of rotatable bonds is 6. The van der Waals surface area contributed by atoms with E-state index < -0.39 is 0 Å². The van der Waals surface area contributed by atoms with Gasteiger partial charge in [-0.15, -0.1) is 0 Å². The number of amides is 1. The first kappa shape index (κ1) is 19.3. The van der Waals surface area contributed by atoms with Gasteiger partial charge >= 0.3 is 0 Å². The SMILES string of the molecule is Cc1cc(C)c2nc(N(CCCn3ccnc3)C(=O)c3ccc(F)cc3)sc2c1. The van der Waals surface area contributed by atoms with Crippen molar-refractivity contribution in [3.05, 3.63) is 77.6 Å². The fourth-order valence-electron chi connectivity index (χ4n) is 3.34. The summed E-state index contributed by atoms with van der Waals surface area (Å²) in [6, 6.07) is 9.84. The van der Waals surface area contributed by atoms with Gasteiger partial charge in [-0.05, 0) is 61.7 Å².